The minimum Gasteiger partial charge on any atom is -0.490 e. The average molecular weight is 268 g/mol. The van der Waals surface area contributed by atoms with Crippen molar-refractivity contribution in [1.29, 1.82) is 0 Å². The van der Waals surface area contributed by atoms with E-state index in [0.717, 1.165) is 11.4 Å². The zero-order valence-corrected chi connectivity index (χ0v) is 11.9. The van der Waals surface area contributed by atoms with Crippen molar-refractivity contribution in [2.75, 3.05) is 32.1 Å². The van der Waals surface area contributed by atoms with Crippen molar-refractivity contribution in [3.8, 4) is 5.75 Å². The Kier molecular flexibility index (Phi) is 10.3. The fraction of sp³-hybridized carbons (Fsp3) is 0.500. The first-order valence-electron chi connectivity index (χ1n) is 6.44. The topological polar surface area (TPSA) is 73.6 Å². The molecule has 1 aromatic rings. The van der Waals surface area contributed by atoms with Crippen LogP contribution in [0.1, 0.15) is 20.3 Å². The Hall–Kier alpha value is -1.75. The molecule has 0 bridgehead atoms. The number of nitrogens with one attached hydrogen (secondary N) is 1. The SMILES string of the molecule is CCC.CNc1cccc(OCCOC(=O)CN)c1. The molecule has 0 heterocycles. The van der Waals surface area contributed by atoms with Crippen LogP contribution in [0.3, 0.4) is 0 Å². The van der Waals surface area contributed by atoms with Gasteiger partial charge in [0.15, 0.2) is 0 Å². The third kappa shape index (κ3) is 8.90. The summed E-state index contributed by atoms with van der Waals surface area (Å²) in [5.74, 6) is 0.309. The molecule has 1 aromatic carbocycles. The van der Waals surface area contributed by atoms with E-state index in [1.807, 2.05) is 31.3 Å². The van der Waals surface area contributed by atoms with Crippen molar-refractivity contribution in [1.82, 2.24) is 0 Å². The molecule has 0 aromatic heterocycles. The summed E-state index contributed by atoms with van der Waals surface area (Å²) in [4.78, 5) is 10.7. The van der Waals surface area contributed by atoms with Gasteiger partial charge in [0, 0.05) is 18.8 Å². The molecular formula is C14H24N2O3. The Balaban J connectivity index is 0.000000982. The third-order valence-electron chi connectivity index (χ3n) is 1.90. The smallest absolute Gasteiger partial charge is 0.319 e. The van der Waals surface area contributed by atoms with E-state index in [-0.39, 0.29) is 13.2 Å². The first kappa shape index (κ1) is 17.2. The molecule has 108 valence electrons. The van der Waals surface area contributed by atoms with E-state index in [0.29, 0.717) is 6.61 Å². The second kappa shape index (κ2) is 11.3. The molecule has 0 amide bonds. The third-order valence-corrected chi connectivity index (χ3v) is 1.90. The molecule has 5 nitrogen and oxygen atoms in total. The van der Waals surface area contributed by atoms with Gasteiger partial charge in [0.1, 0.15) is 19.0 Å². The lowest BCUT2D eigenvalue weighted by molar-refractivity contribution is -0.142. The molecule has 0 saturated carbocycles. The van der Waals surface area contributed by atoms with Crippen molar-refractivity contribution >= 4 is 11.7 Å². The second-order valence-corrected chi connectivity index (χ2v) is 3.76. The van der Waals surface area contributed by atoms with Crippen LogP contribution in [-0.4, -0.2) is 32.8 Å². The number of benzene rings is 1. The number of anilines is 1. The summed E-state index contributed by atoms with van der Waals surface area (Å²) in [7, 11) is 1.84. The fourth-order valence-corrected chi connectivity index (χ4v) is 1.12. The standard InChI is InChI=1S/C11H16N2O3.C3H8/c1-13-9-3-2-4-10(7-9)15-5-6-16-11(14)8-12;1-3-2/h2-4,7,13H,5-6,8,12H2,1H3;3H2,1-2H3. The lowest BCUT2D eigenvalue weighted by atomic mass is 10.3. The largest absolute Gasteiger partial charge is 0.490 e. The van der Waals surface area contributed by atoms with Crippen LogP contribution in [0, 0.1) is 0 Å². The van der Waals surface area contributed by atoms with Crippen molar-refractivity contribution in [3.63, 3.8) is 0 Å². The maximum absolute atomic E-state index is 10.7. The molecular weight excluding hydrogens is 244 g/mol. The first-order valence-corrected chi connectivity index (χ1v) is 6.44. The van der Waals surface area contributed by atoms with Crippen LogP contribution in [0.25, 0.3) is 0 Å². The molecule has 0 unspecified atom stereocenters. The Labute approximate surface area is 115 Å². The zero-order chi connectivity index (χ0) is 14.5. The van der Waals surface area contributed by atoms with Crippen LogP contribution < -0.4 is 15.8 Å². The van der Waals surface area contributed by atoms with Gasteiger partial charge in [-0.25, -0.2) is 0 Å². The molecule has 0 aliphatic carbocycles. The predicted molar refractivity (Wildman–Crippen MR) is 77.5 cm³/mol. The van der Waals surface area contributed by atoms with Crippen LogP contribution in [0.2, 0.25) is 0 Å². The van der Waals surface area contributed by atoms with Gasteiger partial charge >= 0.3 is 5.97 Å². The van der Waals surface area contributed by atoms with Crippen LogP contribution >= 0.6 is 0 Å². The average Bonchev–Trinajstić information content (AvgIpc) is 2.44. The summed E-state index contributed by atoms with van der Waals surface area (Å²) >= 11 is 0. The van der Waals surface area contributed by atoms with Crippen LogP contribution in [0.5, 0.6) is 5.75 Å². The molecule has 0 spiro atoms. The number of nitrogens with two attached hydrogens (primary N) is 1. The highest BCUT2D eigenvalue weighted by molar-refractivity contribution is 5.71. The monoisotopic (exact) mass is 268 g/mol. The van der Waals surface area contributed by atoms with Gasteiger partial charge in [-0.1, -0.05) is 26.3 Å². The Morgan fingerprint density at radius 3 is 2.58 bits per heavy atom. The molecule has 19 heavy (non-hydrogen) atoms. The summed E-state index contributed by atoms with van der Waals surface area (Å²) < 4.78 is 10.2. The zero-order valence-electron chi connectivity index (χ0n) is 11.9. The molecule has 0 aliphatic heterocycles. The summed E-state index contributed by atoms with van der Waals surface area (Å²) in [5, 5.41) is 3.00. The molecule has 0 radical (unpaired) electrons. The van der Waals surface area contributed by atoms with Gasteiger partial charge < -0.3 is 20.5 Å². The van der Waals surface area contributed by atoms with Gasteiger partial charge in [0.2, 0.25) is 0 Å². The number of hydrogen-bond donors (Lipinski definition) is 2. The lowest BCUT2D eigenvalue weighted by Crippen LogP contribution is -2.19. The number of esters is 1. The quantitative estimate of drug-likeness (QED) is 0.610. The summed E-state index contributed by atoms with van der Waals surface area (Å²) in [6.07, 6.45) is 1.25. The number of rotatable bonds is 6. The molecule has 0 aliphatic rings. The van der Waals surface area contributed by atoms with E-state index < -0.39 is 5.97 Å². The normalized spacial score (nSPS) is 9.05. The highest BCUT2D eigenvalue weighted by Crippen LogP contribution is 2.16. The molecule has 5 heteroatoms. The van der Waals surface area contributed by atoms with E-state index in [2.05, 4.69) is 19.2 Å². The highest BCUT2D eigenvalue weighted by Gasteiger charge is 1.99. The van der Waals surface area contributed by atoms with Crippen LogP contribution in [-0.2, 0) is 9.53 Å². The highest BCUT2D eigenvalue weighted by atomic mass is 16.6. The predicted octanol–water partition coefficient (Wildman–Crippen LogP) is 2.03. The van der Waals surface area contributed by atoms with E-state index in [1.54, 1.807) is 0 Å². The minimum absolute atomic E-state index is 0.102. The molecule has 1 rings (SSSR count). The number of carbonyl (C=O) groups is 1. The molecule has 3 N–H and O–H groups in total. The van der Waals surface area contributed by atoms with Crippen LogP contribution in [0.15, 0.2) is 24.3 Å². The maximum atomic E-state index is 10.7. The molecule has 0 fully saturated rings. The van der Waals surface area contributed by atoms with E-state index in [9.17, 15) is 4.79 Å². The van der Waals surface area contributed by atoms with Gasteiger partial charge in [-0.05, 0) is 12.1 Å². The van der Waals surface area contributed by atoms with Gasteiger partial charge in [0.25, 0.3) is 0 Å². The number of carbonyl (C=O) groups excluding carboxylic acids is 1. The Morgan fingerprint density at radius 2 is 2.00 bits per heavy atom. The van der Waals surface area contributed by atoms with Crippen molar-refractivity contribution in [2.24, 2.45) is 5.73 Å². The van der Waals surface area contributed by atoms with Gasteiger partial charge in [-0.3, -0.25) is 4.79 Å². The second-order valence-electron chi connectivity index (χ2n) is 3.76. The molecule has 0 atom stereocenters. The first-order chi connectivity index (χ1) is 9.17. The summed E-state index contributed by atoms with van der Waals surface area (Å²) in [6, 6.07) is 7.52. The van der Waals surface area contributed by atoms with Gasteiger partial charge in [-0.15, -0.1) is 0 Å². The maximum Gasteiger partial charge on any atom is 0.319 e. The van der Waals surface area contributed by atoms with Crippen molar-refractivity contribution in [2.45, 2.75) is 20.3 Å². The van der Waals surface area contributed by atoms with E-state index >= 15 is 0 Å². The van der Waals surface area contributed by atoms with Gasteiger partial charge in [-0.2, -0.15) is 0 Å². The Morgan fingerprint density at radius 1 is 1.32 bits per heavy atom. The van der Waals surface area contributed by atoms with E-state index in [1.165, 1.54) is 6.42 Å². The summed E-state index contributed by atoms with van der Waals surface area (Å²) in [5.41, 5.74) is 6.05. The van der Waals surface area contributed by atoms with Gasteiger partial charge in [0.05, 0.1) is 6.54 Å². The lowest BCUT2D eigenvalue weighted by Gasteiger charge is -2.08. The Bertz CT molecular complexity index is 356. The fourth-order valence-electron chi connectivity index (χ4n) is 1.12. The van der Waals surface area contributed by atoms with Crippen LogP contribution in [0.4, 0.5) is 5.69 Å². The number of hydrogen-bond acceptors (Lipinski definition) is 5. The summed E-state index contributed by atoms with van der Waals surface area (Å²) in [6.45, 7) is 4.67. The number of ether oxygens (including phenoxy) is 2. The minimum atomic E-state index is -0.424. The van der Waals surface area contributed by atoms with Crippen molar-refractivity contribution in [3.05, 3.63) is 24.3 Å². The van der Waals surface area contributed by atoms with Crippen molar-refractivity contribution < 1.29 is 14.3 Å². The molecule has 0 saturated heterocycles. The van der Waals surface area contributed by atoms with E-state index in [4.69, 9.17) is 15.2 Å².